The van der Waals surface area contributed by atoms with Gasteiger partial charge in [-0.2, -0.15) is 0 Å². The van der Waals surface area contributed by atoms with Gasteiger partial charge in [-0.15, -0.1) is 11.3 Å². The lowest BCUT2D eigenvalue weighted by molar-refractivity contribution is -0.131. The highest BCUT2D eigenvalue weighted by Gasteiger charge is 2.23. The Morgan fingerprint density at radius 3 is 2.71 bits per heavy atom. The van der Waals surface area contributed by atoms with Crippen molar-refractivity contribution in [1.29, 1.82) is 0 Å². The molecule has 2 saturated heterocycles. The van der Waals surface area contributed by atoms with Gasteiger partial charge in [-0.25, -0.2) is 4.98 Å². The lowest BCUT2D eigenvalue weighted by Crippen LogP contribution is -2.48. The highest BCUT2D eigenvalue weighted by molar-refractivity contribution is 7.13. The van der Waals surface area contributed by atoms with Gasteiger partial charge in [0.25, 0.3) is 0 Å². The molecular weight excluding hydrogens is 284 g/mol. The lowest BCUT2D eigenvalue weighted by Gasteiger charge is -2.35. The van der Waals surface area contributed by atoms with Crippen LogP contribution in [-0.2, 0) is 4.79 Å². The van der Waals surface area contributed by atoms with E-state index in [1.807, 2.05) is 16.5 Å². The number of anilines is 1. The molecule has 3 rings (SSSR count). The first kappa shape index (κ1) is 14.8. The van der Waals surface area contributed by atoms with Crippen molar-refractivity contribution in [2.24, 2.45) is 5.92 Å². The number of hydrogen-bond donors (Lipinski definition) is 1. The molecule has 0 bridgehead atoms. The van der Waals surface area contributed by atoms with Crippen LogP contribution >= 0.6 is 11.3 Å². The molecule has 2 fully saturated rings. The van der Waals surface area contributed by atoms with Crippen LogP contribution in [0.15, 0.2) is 11.6 Å². The fourth-order valence-corrected chi connectivity index (χ4v) is 3.87. The van der Waals surface area contributed by atoms with E-state index in [1.165, 1.54) is 12.8 Å². The molecule has 1 aromatic rings. The predicted molar refractivity (Wildman–Crippen MR) is 85.7 cm³/mol. The Kier molecular flexibility index (Phi) is 5.08. The number of carbonyl (C=O) groups is 1. The Labute approximate surface area is 130 Å². The normalized spacial score (nSPS) is 20.8. The van der Waals surface area contributed by atoms with Gasteiger partial charge in [0.05, 0.1) is 0 Å². The van der Waals surface area contributed by atoms with Crippen molar-refractivity contribution >= 4 is 22.4 Å². The first-order valence-electron chi connectivity index (χ1n) is 7.96. The molecule has 0 atom stereocenters. The maximum atomic E-state index is 12.3. The number of piperidine rings is 1. The van der Waals surface area contributed by atoms with Gasteiger partial charge in [0.1, 0.15) is 0 Å². The topological polar surface area (TPSA) is 48.5 Å². The standard InChI is InChI=1S/C15H24N4OS/c20-14(2-1-13-3-5-16-6-4-13)18-8-10-19(11-9-18)15-17-7-12-21-15/h7,12-13,16H,1-6,8-11H2. The molecule has 1 amide bonds. The molecule has 2 aliphatic heterocycles. The van der Waals surface area contributed by atoms with Crippen molar-refractivity contribution in [1.82, 2.24) is 15.2 Å². The Morgan fingerprint density at radius 2 is 2.05 bits per heavy atom. The zero-order valence-electron chi connectivity index (χ0n) is 12.5. The number of aromatic nitrogens is 1. The monoisotopic (exact) mass is 308 g/mol. The fourth-order valence-electron chi connectivity index (χ4n) is 3.18. The second-order valence-electron chi connectivity index (χ2n) is 5.91. The van der Waals surface area contributed by atoms with Gasteiger partial charge >= 0.3 is 0 Å². The molecule has 0 spiro atoms. The van der Waals surface area contributed by atoms with E-state index in [1.54, 1.807) is 11.3 Å². The highest BCUT2D eigenvalue weighted by atomic mass is 32.1. The van der Waals surface area contributed by atoms with Gasteiger partial charge in [0.15, 0.2) is 5.13 Å². The van der Waals surface area contributed by atoms with Crippen LogP contribution in [-0.4, -0.2) is 55.1 Å². The molecule has 1 N–H and O–H groups in total. The number of amides is 1. The van der Waals surface area contributed by atoms with Crippen molar-refractivity contribution < 1.29 is 4.79 Å². The molecule has 0 aliphatic carbocycles. The molecule has 0 radical (unpaired) electrons. The van der Waals surface area contributed by atoms with E-state index in [0.29, 0.717) is 5.91 Å². The van der Waals surface area contributed by atoms with Crippen molar-refractivity contribution in [2.75, 3.05) is 44.2 Å². The third kappa shape index (κ3) is 3.95. The Balaban J connectivity index is 1.40. The number of thiazole rings is 1. The third-order valence-electron chi connectivity index (χ3n) is 4.55. The quantitative estimate of drug-likeness (QED) is 0.917. The molecule has 3 heterocycles. The van der Waals surface area contributed by atoms with E-state index in [0.717, 1.165) is 63.2 Å². The van der Waals surface area contributed by atoms with Gasteiger partial charge < -0.3 is 15.1 Å². The molecule has 1 aromatic heterocycles. The van der Waals surface area contributed by atoms with Gasteiger partial charge in [0.2, 0.25) is 5.91 Å². The average Bonchev–Trinajstić information content (AvgIpc) is 3.08. The largest absolute Gasteiger partial charge is 0.345 e. The summed E-state index contributed by atoms with van der Waals surface area (Å²) in [5, 5.41) is 6.46. The molecule has 0 unspecified atom stereocenters. The molecule has 2 aliphatic rings. The molecule has 5 nitrogen and oxygen atoms in total. The van der Waals surface area contributed by atoms with Gasteiger partial charge in [-0.05, 0) is 38.3 Å². The Morgan fingerprint density at radius 1 is 1.29 bits per heavy atom. The third-order valence-corrected chi connectivity index (χ3v) is 5.38. The zero-order valence-corrected chi connectivity index (χ0v) is 13.3. The van der Waals surface area contributed by atoms with E-state index in [2.05, 4.69) is 15.2 Å². The van der Waals surface area contributed by atoms with Crippen LogP contribution in [0.2, 0.25) is 0 Å². The summed E-state index contributed by atoms with van der Waals surface area (Å²) in [6.45, 7) is 5.73. The molecule has 0 aromatic carbocycles. The highest BCUT2D eigenvalue weighted by Crippen LogP contribution is 2.21. The van der Waals surface area contributed by atoms with Crippen LogP contribution in [0.25, 0.3) is 0 Å². The number of carbonyl (C=O) groups excluding carboxylic acids is 1. The number of piperazine rings is 1. The smallest absolute Gasteiger partial charge is 0.222 e. The van der Waals surface area contributed by atoms with Crippen LogP contribution in [0.3, 0.4) is 0 Å². The molecule has 0 saturated carbocycles. The van der Waals surface area contributed by atoms with Crippen LogP contribution in [0.1, 0.15) is 25.7 Å². The number of nitrogens with one attached hydrogen (secondary N) is 1. The van der Waals surface area contributed by atoms with Gasteiger partial charge in [0, 0.05) is 44.2 Å². The van der Waals surface area contributed by atoms with Crippen LogP contribution < -0.4 is 10.2 Å². The van der Waals surface area contributed by atoms with Crippen molar-refractivity contribution in [3.05, 3.63) is 11.6 Å². The van der Waals surface area contributed by atoms with Crippen LogP contribution in [0.4, 0.5) is 5.13 Å². The van der Waals surface area contributed by atoms with Crippen LogP contribution in [0, 0.1) is 5.92 Å². The predicted octanol–water partition coefficient (Wildman–Crippen LogP) is 1.57. The van der Waals surface area contributed by atoms with Gasteiger partial charge in [-0.1, -0.05) is 0 Å². The maximum absolute atomic E-state index is 12.3. The first-order chi connectivity index (χ1) is 10.3. The number of nitrogens with zero attached hydrogens (tertiary/aromatic N) is 3. The van der Waals surface area contributed by atoms with Crippen molar-refractivity contribution in [3.63, 3.8) is 0 Å². The molecule has 21 heavy (non-hydrogen) atoms. The van der Waals surface area contributed by atoms with E-state index < -0.39 is 0 Å². The summed E-state index contributed by atoms with van der Waals surface area (Å²) in [5.74, 6) is 1.08. The Hall–Kier alpha value is -1.14. The summed E-state index contributed by atoms with van der Waals surface area (Å²) in [4.78, 5) is 21.0. The Bertz CT molecular complexity index is 437. The van der Waals surface area contributed by atoms with E-state index >= 15 is 0 Å². The number of hydrogen-bond acceptors (Lipinski definition) is 5. The van der Waals surface area contributed by atoms with E-state index in [4.69, 9.17) is 0 Å². The fraction of sp³-hybridized carbons (Fsp3) is 0.733. The minimum absolute atomic E-state index is 0.340. The van der Waals surface area contributed by atoms with E-state index in [-0.39, 0.29) is 0 Å². The SMILES string of the molecule is O=C(CCC1CCNCC1)N1CCN(c2nccs2)CC1. The van der Waals surface area contributed by atoms with Crippen molar-refractivity contribution in [3.8, 4) is 0 Å². The molecule has 6 heteroatoms. The van der Waals surface area contributed by atoms with Gasteiger partial charge in [-0.3, -0.25) is 4.79 Å². The summed E-state index contributed by atoms with van der Waals surface area (Å²) >= 11 is 1.67. The summed E-state index contributed by atoms with van der Waals surface area (Å²) in [7, 11) is 0. The maximum Gasteiger partial charge on any atom is 0.222 e. The average molecular weight is 308 g/mol. The van der Waals surface area contributed by atoms with Crippen LogP contribution in [0.5, 0.6) is 0 Å². The summed E-state index contributed by atoms with van der Waals surface area (Å²) < 4.78 is 0. The van der Waals surface area contributed by atoms with Crippen molar-refractivity contribution in [2.45, 2.75) is 25.7 Å². The minimum atomic E-state index is 0.340. The summed E-state index contributed by atoms with van der Waals surface area (Å²) in [5.41, 5.74) is 0. The summed E-state index contributed by atoms with van der Waals surface area (Å²) in [6, 6.07) is 0. The molecule has 116 valence electrons. The second-order valence-corrected chi connectivity index (χ2v) is 6.79. The lowest BCUT2D eigenvalue weighted by atomic mass is 9.93. The van der Waals surface area contributed by atoms with E-state index in [9.17, 15) is 4.79 Å². The number of rotatable bonds is 4. The summed E-state index contributed by atoms with van der Waals surface area (Å²) in [6.07, 6.45) is 6.09. The minimum Gasteiger partial charge on any atom is -0.345 e. The first-order valence-corrected chi connectivity index (χ1v) is 8.84. The zero-order chi connectivity index (χ0) is 14.5. The molecular formula is C15H24N4OS. The second kappa shape index (κ2) is 7.22.